The Morgan fingerprint density at radius 1 is 1.26 bits per heavy atom. The molecule has 1 aliphatic rings. The second-order valence-corrected chi connectivity index (χ2v) is 8.72. The Balaban J connectivity index is 1.44. The number of likely N-dealkylation sites (tertiary alicyclic amines) is 1. The predicted octanol–water partition coefficient (Wildman–Crippen LogP) is 3.73. The first kappa shape index (κ1) is 24.4. The number of carbonyl (C=O) groups excluding carboxylic acids is 1. The zero-order chi connectivity index (χ0) is 24.8. The van der Waals surface area contributed by atoms with Crippen LogP contribution in [0.1, 0.15) is 24.1 Å². The number of pyridine rings is 3. The number of halogens is 1. The third kappa shape index (κ3) is 6.44. The van der Waals surface area contributed by atoms with E-state index in [1.54, 1.807) is 36.5 Å². The van der Waals surface area contributed by atoms with Crippen LogP contribution in [0.15, 0.2) is 42.7 Å². The first-order chi connectivity index (χ1) is 16.9. The number of hydrogen-bond donors (Lipinski definition) is 1. The Morgan fingerprint density at radius 3 is 2.83 bits per heavy atom. The number of carbonyl (C=O) groups is 1. The lowest BCUT2D eigenvalue weighted by atomic mass is 10.1. The van der Waals surface area contributed by atoms with Gasteiger partial charge in [-0.05, 0) is 38.1 Å². The number of likely N-dealkylation sites (N-methyl/N-ethyl adjacent to an activating group) is 1. The van der Waals surface area contributed by atoms with Gasteiger partial charge in [0.05, 0.1) is 31.1 Å². The van der Waals surface area contributed by atoms with E-state index in [2.05, 4.69) is 38.3 Å². The van der Waals surface area contributed by atoms with E-state index in [1.165, 1.54) is 13.3 Å². The van der Waals surface area contributed by atoms with Crippen LogP contribution in [0.3, 0.4) is 0 Å². The number of nitrogens with one attached hydrogen (secondary N) is 1. The van der Waals surface area contributed by atoms with E-state index >= 15 is 0 Å². The van der Waals surface area contributed by atoms with E-state index in [1.807, 2.05) is 0 Å². The second-order valence-electron chi connectivity index (χ2n) is 8.31. The molecule has 0 aliphatic carbocycles. The topological polar surface area (TPSA) is 113 Å². The van der Waals surface area contributed by atoms with Gasteiger partial charge in [-0.15, -0.1) is 0 Å². The van der Waals surface area contributed by atoms with Crippen LogP contribution in [-0.2, 0) is 11.2 Å². The van der Waals surface area contributed by atoms with Gasteiger partial charge in [-0.1, -0.05) is 17.7 Å². The van der Waals surface area contributed by atoms with Crippen molar-refractivity contribution in [2.75, 3.05) is 32.6 Å². The third-order valence-electron chi connectivity index (χ3n) is 5.56. The molecule has 0 aromatic carbocycles. The van der Waals surface area contributed by atoms with Gasteiger partial charge in [0.25, 0.3) is 0 Å². The molecule has 10 heteroatoms. The number of methoxy groups -OCH3 is 1. The second kappa shape index (κ2) is 11.1. The fraction of sp³-hybridized carbons (Fsp3) is 0.320. The molecule has 1 aliphatic heterocycles. The van der Waals surface area contributed by atoms with Crippen molar-refractivity contribution >= 4 is 23.3 Å². The average molecular weight is 493 g/mol. The summed E-state index contributed by atoms with van der Waals surface area (Å²) in [6, 6.07) is 10.7. The maximum Gasteiger partial charge on any atom is 0.230 e. The fourth-order valence-corrected chi connectivity index (χ4v) is 4.05. The predicted molar refractivity (Wildman–Crippen MR) is 131 cm³/mol. The van der Waals surface area contributed by atoms with Crippen molar-refractivity contribution in [3.63, 3.8) is 0 Å². The van der Waals surface area contributed by atoms with Crippen molar-refractivity contribution in [1.29, 1.82) is 5.26 Å². The highest BCUT2D eigenvalue weighted by molar-refractivity contribution is 6.32. The maximum atomic E-state index is 12.4. The van der Waals surface area contributed by atoms with E-state index in [-0.39, 0.29) is 24.1 Å². The zero-order valence-corrected chi connectivity index (χ0v) is 20.2. The maximum absolute atomic E-state index is 12.4. The number of nitrogens with zero attached hydrogens (tertiary/aromatic N) is 5. The smallest absolute Gasteiger partial charge is 0.230 e. The van der Waals surface area contributed by atoms with E-state index in [0.717, 1.165) is 25.9 Å². The molecule has 9 nitrogen and oxygen atoms in total. The lowest BCUT2D eigenvalue weighted by molar-refractivity contribution is -0.115. The van der Waals surface area contributed by atoms with Crippen LogP contribution in [0, 0.1) is 11.3 Å². The standard InChI is InChI=1S/C25H25ClN6O3/c1-32-7-3-4-18(15-32)35-19-9-17(12-27)30-22(10-19)21-6-5-16(13-28-21)8-25(33)31-24-11-23(34-2)20(26)14-29-24/h5-6,9-11,13-14,18H,3-4,7-8,15H2,1-2H3,(H,29,31,33). The lowest BCUT2D eigenvalue weighted by Crippen LogP contribution is -2.38. The van der Waals surface area contributed by atoms with Crippen molar-refractivity contribution in [3.8, 4) is 29.0 Å². The molecule has 1 amide bonds. The molecule has 1 atom stereocenters. The first-order valence-electron chi connectivity index (χ1n) is 11.2. The summed E-state index contributed by atoms with van der Waals surface area (Å²) in [6.07, 6.45) is 5.25. The van der Waals surface area contributed by atoms with Crippen LogP contribution in [-0.4, -0.2) is 59.1 Å². The number of ether oxygens (including phenoxy) is 2. The van der Waals surface area contributed by atoms with Gasteiger partial charge in [-0.3, -0.25) is 9.78 Å². The Hall–Kier alpha value is -3.74. The third-order valence-corrected chi connectivity index (χ3v) is 5.84. The molecule has 0 spiro atoms. The minimum atomic E-state index is -0.255. The molecule has 1 unspecified atom stereocenters. The van der Waals surface area contributed by atoms with Crippen molar-refractivity contribution in [2.24, 2.45) is 0 Å². The lowest BCUT2D eigenvalue weighted by Gasteiger charge is -2.30. The highest BCUT2D eigenvalue weighted by atomic mass is 35.5. The number of hydrogen-bond acceptors (Lipinski definition) is 8. The normalized spacial score (nSPS) is 15.8. The minimum absolute atomic E-state index is 0.0690. The van der Waals surface area contributed by atoms with Gasteiger partial charge < -0.3 is 19.7 Å². The van der Waals surface area contributed by atoms with Gasteiger partial charge in [0.2, 0.25) is 5.91 Å². The molecule has 180 valence electrons. The SMILES string of the molecule is COc1cc(NC(=O)Cc2ccc(-c3cc(OC4CCCN(C)C4)cc(C#N)n3)nc2)ncc1Cl. The zero-order valence-electron chi connectivity index (χ0n) is 19.5. The van der Waals surface area contributed by atoms with Gasteiger partial charge in [-0.2, -0.15) is 5.26 Å². The van der Waals surface area contributed by atoms with Crippen molar-refractivity contribution in [2.45, 2.75) is 25.4 Å². The molecule has 0 bridgehead atoms. The molecule has 3 aromatic heterocycles. The molecule has 1 fully saturated rings. The van der Waals surface area contributed by atoms with Crippen LogP contribution >= 0.6 is 11.6 Å². The number of nitriles is 1. The monoisotopic (exact) mass is 492 g/mol. The largest absolute Gasteiger partial charge is 0.495 e. The first-order valence-corrected chi connectivity index (χ1v) is 11.5. The molecule has 1 N–H and O–H groups in total. The van der Waals surface area contributed by atoms with E-state index in [0.29, 0.717) is 39.3 Å². The summed E-state index contributed by atoms with van der Waals surface area (Å²) in [4.78, 5) is 27.6. The van der Waals surface area contributed by atoms with E-state index in [4.69, 9.17) is 21.1 Å². The van der Waals surface area contributed by atoms with E-state index in [9.17, 15) is 10.1 Å². The molecule has 0 radical (unpaired) electrons. The Labute approximate surface area is 208 Å². The number of anilines is 1. The molecular weight excluding hydrogens is 468 g/mol. The quantitative estimate of drug-likeness (QED) is 0.530. The average Bonchev–Trinajstić information content (AvgIpc) is 2.85. The Bertz CT molecular complexity index is 1240. The number of rotatable bonds is 7. The molecular formula is C25H25ClN6O3. The minimum Gasteiger partial charge on any atom is -0.495 e. The summed E-state index contributed by atoms with van der Waals surface area (Å²) in [5.74, 6) is 1.11. The molecule has 4 rings (SSSR count). The molecule has 1 saturated heterocycles. The highest BCUT2D eigenvalue weighted by Gasteiger charge is 2.19. The van der Waals surface area contributed by atoms with Crippen LogP contribution in [0.25, 0.3) is 11.4 Å². The number of amides is 1. The molecule has 35 heavy (non-hydrogen) atoms. The van der Waals surface area contributed by atoms with Gasteiger partial charge in [0, 0.05) is 30.9 Å². The molecule has 0 saturated carbocycles. The van der Waals surface area contributed by atoms with Crippen LogP contribution in [0.2, 0.25) is 5.02 Å². The fourth-order valence-electron chi connectivity index (χ4n) is 3.87. The van der Waals surface area contributed by atoms with Gasteiger partial charge in [0.15, 0.2) is 0 Å². The Morgan fingerprint density at radius 2 is 2.11 bits per heavy atom. The molecule has 3 aromatic rings. The van der Waals surface area contributed by atoms with Crippen LogP contribution in [0.5, 0.6) is 11.5 Å². The number of piperidine rings is 1. The van der Waals surface area contributed by atoms with Crippen molar-refractivity contribution in [3.05, 3.63) is 59.0 Å². The van der Waals surface area contributed by atoms with Gasteiger partial charge >= 0.3 is 0 Å². The van der Waals surface area contributed by atoms with E-state index < -0.39 is 0 Å². The van der Waals surface area contributed by atoms with Crippen molar-refractivity contribution < 1.29 is 14.3 Å². The summed E-state index contributed by atoms with van der Waals surface area (Å²) in [6.45, 7) is 1.90. The highest BCUT2D eigenvalue weighted by Crippen LogP contribution is 2.26. The molecule has 4 heterocycles. The summed E-state index contributed by atoms with van der Waals surface area (Å²) in [5, 5.41) is 12.5. The summed E-state index contributed by atoms with van der Waals surface area (Å²) in [5.41, 5.74) is 2.10. The van der Waals surface area contributed by atoms with Gasteiger partial charge in [0.1, 0.15) is 40.2 Å². The Kier molecular flexibility index (Phi) is 7.75. The van der Waals surface area contributed by atoms with Gasteiger partial charge in [-0.25, -0.2) is 9.97 Å². The summed E-state index contributed by atoms with van der Waals surface area (Å²) < 4.78 is 11.3. The van der Waals surface area contributed by atoms with Crippen molar-refractivity contribution in [1.82, 2.24) is 19.9 Å². The van der Waals surface area contributed by atoms with Crippen LogP contribution in [0.4, 0.5) is 5.82 Å². The summed E-state index contributed by atoms with van der Waals surface area (Å²) >= 11 is 5.97. The summed E-state index contributed by atoms with van der Waals surface area (Å²) in [7, 11) is 3.56. The number of aromatic nitrogens is 3. The van der Waals surface area contributed by atoms with Crippen LogP contribution < -0.4 is 14.8 Å².